The number of benzene rings is 2. The van der Waals surface area contributed by atoms with Crippen molar-refractivity contribution in [1.82, 2.24) is 4.90 Å². The van der Waals surface area contributed by atoms with E-state index in [4.69, 9.17) is 0 Å². The van der Waals surface area contributed by atoms with E-state index in [9.17, 15) is 18.8 Å². The number of ketones is 1. The van der Waals surface area contributed by atoms with E-state index in [0.717, 1.165) is 12.8 Å². The maximum atomic E-state index is 13.0. The van der Waals surface area contributed by atoms with E-state index in [1.165, 1.54) is 31.2 Å². The number of nitrogens with one attached hydrogen (secondary N) is 2. The van der Waals surface area contributed by atoms with Crippen molar-refractivity contribution in [1.29, 1.82) is 0 Å². The summed E-state index contributed by atoms with van der Waals surface area (Å²) in [4.78, 5) is 38.3. The lowest BCUT2D eigenvalue weighted by molar-refractivity contribution is -0.121. The SMILES string of the molecule is CC(=O)c1cccc(NC(=O)C(C)C2CCN(C(=O)Nc3ccc(F)cc3)CC2)c1. The van der Waals surface area contributed by atoms with Gasteiger partial charge in [0.1, 0.15) is 5.82 Å². The molecular weight excluding hydrogens is 385 g/mol. The zero-order valence-corrected chi connectivity index (χ0v) is 17.2. The minimum atomic E-state index is -0.353. The zero-order chi connectivity index (χ0) is 21.7. The van der Waals surface area contributed by atoms with Gasteiger partial charge >= 0.3 is 6.03 Å². The predicted molar refractivity (Wildman–Crippen MR) is 114 cm³/mol. The lowest BCUT2D eigenvalue weighted by Crippen LogP contribution is -2.43. The van der Waals surface area contributed by atoms with E-state index < -0.39 is 0 Å². The van der Waals surface area contributed by atoms with Crippen LogP contribution in [0, 0.1) is 17.7 Å². The maximum Gasteiger partial charge on any atom is 0.321 e. The average Bonchev–Trinajstić information content (AvgIpc) is 2.75. The summed E-state index contributed by atoms with van der Waals surface area (Å²) in [6, 6.07) is 12.3. The van der Waals surface area contributed by atoms with Crippen LogP contribution < -0.4 is 10.6 Å². The maximum absolute atomic E-state index is 13.0. The first-order valence-electron chi connectivity index (χ1n) is 10.1. The molecule has 1 aliphatic rings. The van der Waals surface area contributed by atoms with Gasteiger partial charge in [0.2, 0.25) is 5.91 Å². The van der Waals surface area contributed by atoms with Crippen molar-refractivity contribution >= 4 is 29.1 Å². The number of urea groups is 1. The first kappa shape index (κ1) is 21.5. The quantitative estimate of drug-likeness (QED) is 0.709. The van der Waals surface area contributed by atoms with Gasteiger partial charge < -0.3 is 15.5 Å². The highest BCUT2D eigenvalue weighted by atomic mass is 19.1. The Bertz CT molecular complexity index is 922. The fraction of sp³-hybridized carbons (Fsp3) is 0.348. The van der Waals surface area contributed by atoms with Gasteiger partial charge in [-0.25, -0.2) is 9.18 Å². The molecule has 6 nitrogen and oxygen atoms in total. The van der Waals surface area contributed by atoms with Crippen molar-refractivity contribution in [3.8, 4) is 0 Å². The Labute approximate surface area is 175 Å². The first-order chi connectivity index (χ1) is 14.3. The third-order valence-electron chi connectivity index (χ3n) is 5.58. The molecule has 1 atom stereocenters. The monoisotopic (exact) mass is 411 g/mol. The molecule has 1 unspecified atom stereocenters. The number of amides is 3. The Morgan fingerprint density at radius 1 is 1.00 bits per heavy atom. The number of Topliss-reactive ketones (excluding diaryl/α,β-unsaturated/α-hetero) is 1. The molecule has 2 N–H and O–H groups in total. The van der Waals surface area contributed by atoms with E-state index in [2.05, 4.69) is 10.6 Å². The second-order valence-corrected chi connectivity index (χ2v) is 7.68. The Hall–Kier alpha value is -3.22. The minimum absolute atomic E-state index is 0.0505. The van der Waals surface area contributed by atoms with E-state index in [1.54, 1.807) is 29.2 Å². The highest BCUT2D eigenvalue weighted by molar-refractivity contribution is 5.97. The van der Waals surface area contributed by atoms with Crippen molar-refractivity contribution in [2.75, 3.05) is 23.7 Å². The number of halogens is 1. The number of anilines is 2. The van der Waals surface area contributed by atoms with Crippen LogP contribution in [-0.4, -0.2) is 35.7 Å². The van der Waals surface area contributed by atoms with Crippen LogP contribution in [0.2, 0.25) is 0 Å². The number of hydrogen-bond acceptors (Lipinski definition) is 3. The van der Waals surface area contributed by atoms with Gasteiger partial charge in [-0.15, -0.1) is 0 Å². The normalized spacial score (nSPS) is 15.4. The summed E-state index contributed by atoms with van der Waals surface area (Å²) in [6.45, 7) is 4.48. The van der Waals surface area contributed by atoms with Crippen LogP contribution in [0.25, 0.3) is 0 Å². The molecule has 0 aromatic heterocycles. The van der Waals surface area contributed by atoms with Gasteiger partial charge in [-0.2, -0.15) is 0 Å². The Kier molecular flexibility index (Phi) is 6.82. The van der Waals surface area contributed by atoms with Gasteiger partial charge in [0, 0.05) is 35.9 Å². The molecule has 0 saturated carbocycles. The number of carbonyl (C=O) groups is 3. The lowest BCUT2D eigenvalue weighted by Gasteiger charge is -2.34. The summed E-state index contributed by atoms with van der Waals surface area (Å²) >= 11 is 0. The van der Waals surface area contributed by atoms with Crippen LogP contribution in [0.1, 0.15) is 37.0 Å². The van der Waals surface area contributed by atoms with Crippen LogP contribution in [0.4, 0.5) is 20.6 Å². The molecule has 3 amide bonds. The highest BCUT2D eigenvalue weighted by Crippen LogP contribution is 2.27. The van der Waals surface area contributed by atoms with Crippen LogP contribution >= 0.6 is 0 Å². The molecule has 1 saturated heterocycles. The standard InChI is InChI=1S/C23H26FN3O3/c1-15(22(29)25-21-5-3-4-18(14-21)16(2)28)17-10-12-27(13-11-17)23(30)26-20-8-6-19(24)7-9-20/h3-9,14-15,17H,10-13H2,1-2H3,(H,25,29)(H,26,30). The molecule has 1 heterocycles. The molecule has 158 valence electrons. The molecule has 2 aromatic rings. The smallest absolute Gasteiger partial charge is 0.321 e. The molecule has 2 aromatic carbocycles. The summed E-state index contributed by atoms with van der Waals surface area (Å²) < 4.78 is 13.0. The molecule has 30 heavy (non-hydrogen) atoms. The Morgan fingerprint density at radius 3 is 2.30 bits per heavy atom. The van der Waals surface area contributed by atoms with E-state index in [1.807, 2.05) is 6.92 Å². The van der Waals surface area contributed by atoms with E-state index in [0.29, 0.717) is 30.0 Å². The third-order valence-corrected chi connectivity index (χ3v) is 5.58. The fourth-order valence-electron chi connectivity index (χ4n) is 3.62. The van der Waals surface area contributed by atoms with E-state index >= 15 is 0 Å². The van der Waals surface area contributed by atoms with Gasteiger partial charge in [-0.1, -0.05) is 19.1 Å². The molecule has 3 rings (SSSR count). The van der Waals surface area contributed by atoms with Gasteiger partial charge in [-0.3, -0.25) is 9.59 Å². The van der Waals surface area contributed by atoms with Gasteiger partial charge in [0.15, 0.2) is 5.78 Å². The average molecular weight is 411 g/mol. The molecule has 1 aliphatic heterocycles. The van der Waals surface area contributed by atoms with Crippen LogP contribution in [0.3, 0.4) is 0 Å². The van der Waals surface area contributed by atoms with Gasteiger partial charge in [0.05, 0.1) is 0 Å². The third kappa shape index (κ3) is 5.43. The number of nitrogens with zero attached hydrogens (tertiary/aromatic N) is 1. The number of hydrogen-bond donors (Lipinski definition) is 2. The minimum Gasteiger partial charge on any atom is -0.326 e. The second kappa shape index (κ2) is 9.52. The van der Waals surface area contributed by atoms with Gasteiger partial charge in [-0.05, 0) is 62.1 Å². The summed E-state index contributed by atoms with van der Waals surface area (Å²) in [5, 5.41) is 5.66. The number of carbonyl (C=O) groups excluding carboxylic acids is 3. The predicted octanol–water partition coefficient (Wildman–Crippen LogP) is 4.55. The van der Waals surface area contributed by atoms with Crippen LogP contribution in [0.5, 0.6) is 0 Å². The summed E-state index contributed by atoms with van der Waals surface area (Å²) in [5.74, 6) is -0.548. The van der Waals surface area contributed by atoms with Crippen molar-refractivity contribution in [3.05, 3.63) is 59.9 Å². The lowest BCUT2D eigenvalue weighted by atomic mass is 9.85. The van der Waals surface area contributed by atoms with Crippen molar-refractivity contribution in [2.45, 2.75) is 26.7 Å². The molecule has 7 heteroatoms. The zero-order valence-electron chi connectivity index (χ0n) is 17.2. The molecule has 0 radical (unpaired) electrons. The second-order valence-electron chi connectivity index (χ2n) is 7.68. The molecule has 0 bridgehead atoms. The summed E-state index contributed by atoms with van der Waals surface area (Å²) in [7, 11) is 0. The Balaban J connectivity index is 1.50. The molecule has 0 aliphatic carbocycles. The van der Waals surface area contributed by atoms with Crippen LogP contribution in [-0.2, 0) is 4.79 Å². The van der Waals surface area contributed by atoms with Gasteiger partial charge in [0.25, 0.3) is 0 Å². The van der Waals surface area contributed by atoms with Crippen molar-refractivity contribution in [3.63, 3.8) is 0 Å². The fourth-order valence-corrected chi connectivity index (χ4v) is 3.62. The number of rotatable bonds is 5. The number of likely N-dealkylation sites (tertiary alicyclic amines) is 1. The highest BCUT2D eigenvalue weighted by Gasteiger charge is 2.30. The van der Waals surface area contributed by atoms with E-state index in [-0.39, 0.29) is 35.4 Å². The molecule has 1 fully saturated rings. The largest absolute Gasteiger partial charge is 0.326 e. The number of piperidine rings is 1. The van der Waals surface area contributed by atoms with Crippen molar-refractivity contribution < 1.29 is 18.8 Å². The van der Waals surface area contributed by atoms with Crippen LogP contribution in [0.15, 0.2) is 48.5 Å². The van der Waals surface area contributed by atoms with Crippen molar-refractivity contribution in [2.24, 2.45) is 11.8 Å². The Morgan fingerprint density at radius 2 is 1.67 bits per heavy atom. The summed E-state index contributed by atoms with van der Waals surface area (Å²) in [5.41, 5.74) is 1.71. The first-order valence-corrected chi connectivity index (χ1v) is 10.1. The summed E-state index contributed by atoms with van der Waals surface area (Å²) in [6.07, 6.45) is 1.44. The topological polar surface area (TPSA) is 78.5 Å². The molecule has 0 spiro atoms. The molecular formula is C23H26FN3O3.